The second-order valence-corrected chi connectivity index (χ2v) is 5.33. The van der Waals surface area contributed by atoms with Crippen molar-refractivity contribution in [3.05, 3.63) is 0 Å². The minimum Gasteiger partial charge on any atom is -0.344 e. The maximum Gasteiger partial charge on any atom is 0.237 e. The molecule has 0 aromatic carbocycles. The van der Waals surface area contributed by atoms with Gasteiger partial charge in [0, 0.05) is 28.9 Å². The van der Waals surface area contributed by atoms with Crippen molar-refractivity contribution in [3.63, 3.8) is 0 Å². The molecule has 0 aliphatic carbocycles. The van der Waals surface area contributed by atoms with Crippen LogP contribution in [0.4, 0.5) is 0 Å². The molecule has 0 aliphatic rings. The molecule has 3 atom stereocenters. The molecular weight excluding hydrogens is 224 g/mol. The van der Waals surface area contributed by atoms with Crippen LogP contribution in [0.2, 0.25) is 0 Å². The smallest absolute Gasteiger partial charge is 0.237 e. The summed E-state index contributed by atoms with van der Waals surface area (Å²) in [5.74, 6) is 2.88. The highest BCUT2D eigenvalue weighted by Crippen LogP contribution is 1.95. The fraction of sp³-hybridized carbons (Fsp3) is 0.727. The van der Waals surface area contributed by atoms with E-state index in [-0.39, 0.29) is 24.5 Å². The third-order valence-electron chi connectivity index (χ3n) is 2.13. The molecule has 0 saturated heterocycles. The number of carbonyl (C=O) groups is 1. The Labute approximate surface area is 100 Å². The zero-order chi connectivity index (χ0) is 12.6. The number of amides is 1. The Morgan fingerprint density at radius 3 is 2.62 bits per heavy atom. The van der Waals surface area contributed by atoms with Gasteiger partial charge in [0.2, 0.25) is 5.91 Å². The molecule has 5 heteroatoms. The number of carbonyl (C=O) groups excluding carboxylic acids is 1. The normalized spacial score (nSPS) is 15.9. The quantitative estimate of drug-likeness (QED) is 0.613. The Morgan fingerprint density at radius 1 is 1.50 bits per heavy atom. The molecule has 4 nitrogen and oxygen atoms in total. The van der Waals surface area contributed by atoms with Gasteiger partial charge in [-0.15, -0.1) is 6.42 Å². The molecule has 2 N–H and O–H groups in total. The van der Waals surface area contributed by atoms with E-state index in [1.807, 2.05) is 6.92 Å². The van der Waals surface area contributed by atoms with Gasteiger partial charge in [-0.05, 0) is 20.3 Å². The lowest BCUT2D eigenvalue weighted by molar-refractivity contribution is -0.122. The van der Waals surface area contributed by atoms with Crippen LogP contribution in [0.1, 0.15) is 20.3 Å². The van der Waals surface area contributed by atoms with Crippen molar-refractivity contribution in [3.8, 4) is 12.3 Å². The van der Waals surface area contributed by atoms with Crippen LogP contribution in [-0.2, 0) is 15.6 Å². The van der Waals surface area contributed by atoms with Gasteiger partial charge >= 0.3 is 0 Å². The van der Waals surface area contributed by atoms with Crippen molar-refractivity contribution in [1.82, 2.24) is 10.6 Å². The number of rotatable bonds is 7. The lowest BCUT2D eigenvalue weighted by Crippen LogP contribution is -2.46. The highest BCUT2D eigenvalue weighted by molar-refractivity contribution is 7.84. The summed E-state index contributed by atoms with van der Waals surface area (Å²) < 4.78 is 10.9. The van der Waals surface area contributed by atoms with Crippen molar-refractivity contribution in [1.29, 1.82) is 0 Å². The Bertz CT molecular complexity index is 286. The standard InChI is InChI=1S/C11H20N2O2S/c1-5-7-12-11(14)10(3)13-9(2)6-8-16(4)15/h1,9-10,13H,6-8H2,2-4H3,(H,12,14). The number of terminal acetylenes is 1. The van der Waals surface area contributed by atoms with E-state index >= 15 is 0 Å². The van der Waals surface area contributed by atoms with Crippen LogP contribution in [-0.4, -0.2) is 40.8 Å². The van der Waals surface area contributed by atoms with Crippen molar-refractivity contribution >= 4 is 16.7 Å². The lowest BCUT2D eigenvalue weighted by Gasteiger charge is -2.18. The van der Waals surface area contributed by atoms with E-state index in [2.05, 4.69) is 16.6 Å². The first kappa shape index (κ1) is 15.1. The summed E-state index contributed by atoms with van der Waals surface area (Å²) in [7, 11) is -0.784. The highest BCUT2D eigenvalue weighted by Gasteiger charge is 2.14. The topological polar surface area (TPSA) is 58.2 Å². The van der Waals surface area contributed by atoms with Gasteiger partial charge in [-0.2, -0.15) is 0 Å². The van der Waals surface area contributed by atoms with Gasteiger partial charge in [0.25, 0.3) is 0 Å². The molecule has 0 radical (unpaired) electrons. The molecule has 0 aromatic rings. The second kappa shape index (κ2) is 8.31. The molecule has 0 rings (SSSR count). The van der Waals surface area contributed by atoms with Gasteiger partial charge in [-0.1, -0.05) is 5.92 Å². The Balaban J connectivity index is 3.85. The monoisotopic (exact) mass is 244 g/mol. The number of hydrogen-bond acceptors (Lipinski definition) is 3. The van der Waals surface area contributed by atoms with E-state index in [9.17, 15) is 9.00 Å². The van der Waals surface area contributed by atoms with E-state index in [0.29, 0.717) is 5.75 Å². The van der Waals surface area contributed by atoms with Crippen molar-refractivity contribution in [2.24, 2.45) is 0 Å². The average Bonchev–Trinajstić information content (AvgIpc) is 2.22. The summed E-state index contributed by atoms with van der Waals surface area (Å²) in [6.45, 7) is 4.00. The third-order valence-corrected chi connectivity index (χ3v) is 2.94. The van der Waals surface area contributed by atoms with Gasteiger partial charge < -0.3 is 10.6 Å². The molecule has 1 amide bonds. The predicted octanol–water partition coefficient (Wildman–Crippen LogP) is -0.129. The Hall–Kier alpha value is -0.860. The number of nitrogens with one attached hydrogen (secondary N) is 2. The highest BCUT2D eigenvalue weighted by atomic mass is 32.2. The van der Waals surface area contributed by atoms with Crippen LogP contribution in [0.15, 0.2) is 0 Å². The molecule has 0 spiro atoms. The SMILES string of the molecule is C#CCNC(=O)C(C)NC(C)CCS(C)=O. The molecule has 0 fully saturated rings. The Morgan fingerprint density at radius 2 is 2.12 bits per heavy atom. The van der Waals surface area contributed by atoms with Gasteiger partial charge in [0.1, 0.15) is 0 Å². The van der Waals surface area contributed by atoms with Crippen LogP contribution < -0.4 is 10.6 Å². The molecule has 3 unspecified atom stereocenters. The molecule has 16 heavy (non-hydrogen) atoms. The van der Waals surface area contributed by atoms with Crippen LogP contribution in [0.5, 0.6) is 0 Å². The van der Waals surface area contributed by atoms with Gasteiger partial charge in [-0.3, -0.25) is 9.00 Å². The van der Waals surface area contributed by atoms with Crippen LogP contribution in [0.3, 0.4) is 0 Å². The largest absolute Gasteiger partial charge is 0.344 e. The average molecular weight is 244 g/mol. The second-order valence-electron chi connectivity index (χ2n) is 3.78. The summed E-state index contributed by atoms with van der Waals surface area (Å²) in [6, 6.07) is -0.121. The maximum atomic E-state index is 11.4. The van der Waals surface area contributed by atoms with E-state index in [1.165, 1.54) is 0 Å². The minimum atomic E-state index is -0.784. The zero-order valence-electron chi connectivity index (χ0n) is 10.1. The summed E-state index contributed by atoms with van der Waals surface area (Å²) in [4.78, 5) is 11.4. The van der Waals surface area contributed by atoms with E-state index in [4.69, 9.17) is 6.42 Å². The molecule has 92 valence electrons. The fourth-order valence-corrected chi connectivity index (χ4v) is 1.91. The van der Waals surface area contributed by atoms with E-state index in [0.717, 1.165) is 6.42 Å². The Kier molecular flexibility index (Phi) is 7.86. The van der Waals surface area contributed by atoms with Crippen molar-refractivity contribution in [2.75, 3.05) is 18.6 Å². The van der Waals surface area contributed by atoms with Crippen LogP contribution in [0, 0.1) is 12.3 Å². The van der Waals surface area contributed by atoms with E-state index in [1.54, 1.807) is 13.2 Å². The molecule has 0 bridgehead atoms. The molecule has 0 aliphatic heterocycles. The van der Waals surface area contributed by atoms with Crippen LogP contribution >= 0.6 is 0 Å². The van der Waals surface area contributed by atoms with Gasteiger partial charge in [0.05, 0.1) is 12.6 Å². The van der Waals surface area contributed by atoms with Gasteiger partial charge in [-0.25, -0.2) is 0 Å². The predicted molar refractivity (Wildman–Crippen MR) is 67.5 cm³/mol. The first-order valence-electron chi connectivity index (χ1n) is 5.24. The van der Waals surface area contributed by atoms with Gasteiger partial charge in [0.15, 0.2) is 0 Å². The summed E-state index contributed by atoms with van der Waals surface area (Å²) in [6.07, 6.45) is 7.50. The number of hydrogen-bond donors (Lipinski definition) is 2. The fourth-order valence-electron chi connectivity index (χ4n) is 1.22. The first-order chi connectivity index (χ1) is 7.47. The van der Waals surface area contributed by atoms with Crippen LogP contribution in [0.25, 0.3) is 0 Å². The maximum absolute atomic E-state index is 11.4. The first-order valence-corrected chi connectivity index (χ1v) is 6.97. The molecular formula is C11H20N2O2S. The van der Waals surface area contributed by atoms with Crippen molar-refractivity contribution < 1.29 is 9.00 Å². The molecule has 0 heterocycles. The third kappa shape index (κ3) is 7.43. The zero-order valence-corrected chi connectivity index (χ0v) is 10.9. The summed E-state index contributed by atoms with van der Waals surface area (Å²) in [5, 5.41) is 5.73. The molecule has 0 saturated carbocycles. The van der Waals surface area contributed by atoms with Crippen molar-refractivity contribution in [2.45, 2.75) is 32.4 Å². The van der Waals surface area contributed by atoms with E-state index < -0.39 is 10.8 Å². The minimum absolute atomic E-state index is 0.109. The molecule has 0 aromatic heterocycles. The lowest BCUT2D eigenvalue weighted by atomic mass is 10.2. The summed E-state index contributed by atoms with van der Waals surface area (Å²) in [5.41, 5.74) is 0. The summed E-state index contributed by atoms with van der Waals surface area (Å²) >= 11 is 0.